The number of anilines is 1. The number of carboxylic acids is 1. The van der Waals surface area contributed by atoms with E-state index in [1.165, 1.54) is 0 Å². The molecule has 0 saturated heterocycles. The van der Waals surface area contributed by atoms with Gasteiger partial charge >= 0.3 is 5.97 Å². The highest BCUT2D eigenvalue weighted by molar-refractivity contribution is 9.10. The molecule has 20 heavy (non-hydrogen) atoms. The van der Waals surface area contributed by atoms with Crippen molar-refractivity contribution in [3.8, 4) is 0 Å². The van der Waals surface area contributed by atoms with Crippen LogP contribution in [-0.2, 0) is 9.59 Å². The smallest absolute Gasteiger partial charge is 0.303 e. The molecule has 0 fully saturated rings. The van der Waals surface area contributed by atoms with E-state index >= 15 is 0 Å². The number of nitrogens with zero attached hydrogens (tertiary/aromatic N) is 1. The lowest BCUT2D eigenvalue weighted by Gasteiger charge is -2.16. The van der Waals surface area contributed by atoms with Crippen LogP contribution in [0.15, 0.2) is 22.7 Å². The van der Waals surface area contributed by atoms with Gasteiger partial charge in [0.1, 0.15) is 0 Å². The van der Waals surface area contributed by atoms with Crippen LogP contribution in [0.25, 0.3) is 0 Å². The lowest BCUT2D eigenvalue weighted by molar-refractivity contribution is -0.137. The van der Waals surface area contributed by atoms with Gasteiger partial charge in [0.25, 0.3) is 0 Å². The molecule has 1 aromatic rings. The molecule has 0 heterocycles. The minimum atomic E-state index is -0.812. The largest absolute Gasteiger partial charge is 0.481 e. The van der Waals surface area contributed by atoms with E-state index in [4.69, 9.17) is 5.11 Å². The molecular weight excluding hydrogens is 324 g/mol. The van der Waals surface area contributed by atoms with E-state index in [0.29, 0.717) is 13.0 Å². The zero-order chi connectivity index (χ0) is 15.1. The van der Waals surface area contributed by atoms with Crippen LogP contribution in [0.3, 0.4) is 0 Å². The minimum absolute atomic E-state index is 0.103. The predicted octanol–water partition coefficient (Wildman–Crippen LogP) is 2.49. The summed E-state index contributed by atoms with van der Waals surface area (Å²) in [6.07, 6.45) is 0.661. The molecular formula is C14H19BrN2O3. The number of carboxylic acid groups (broad SMARTS) is 1. The zero-order valence-electron chi connectivity index (χ0n) is 11.6. The summed E-state index contributed by atoms with van der Waals surface area (Å²) in [5, 5.41) is 11.4. The average molecular weight is 343 g/mol. The summed E-state index contributed by atoms with van der Waals surface area (Å²) in [5.74, 6) is -0.915. The molecule has 0 radical (unpaired) electrons. The van der Waals surface area contributed by atoms with E-state index in [-0.39, 0.29) is 18.9 Å². The summed E-state index contributed by atoms with van der Waals surface area (Å²) >= 11 is 3.37. The highest BCUT2D eigenvalue weighted by Gasteiger charge is 2.09. The van der Waals surface area contributed by atoms with Gasteiger partial charge in [-0.05, 0) is 50.7 Å². The second-order valence-electron chi connectivity index (χ2n) is 4.74. The number of nitrogens with one attached hydrogen (secondary N) is 1. The molecule has 6 heteroatoms. The molecule has 0 atom stereocenters. The third kappa shape index (κ3) is 6.16. The lowest BCUT2D eigenvalue weighted by atomic mass is 10.2. The molecule has 0 unspecified atom stereocenters. The molecule has 0 aliphatic rings. The van der Waals surface area contributed by atoms with Gasteiger partial charge in [0.2, 0.25) is 5.91 Å². The summed E-state index contributed by atoms with van der Waals surface area (Å²) in [6, 6.07) is 5.66. The van der Waals surface area contributed by atoms with Gasteiger partial charge in [0.05, 0.1) is 6.54 Å². The van der Waals surface area contributed by atoms with Crippen LogP contribution in [0.4, 0.5) is 5.69 Å². The Hall–Kier alpha value is -1.40. The van der Waals surface area contributed by atoms with Crippen molar-refractivity contribution in [1.29, 1.82) is 0 Å². The number of likely N-dealkylation sites (N-methyl/N-ethyl adjacent to an activating group) is 1. The first-order chi connectivity index (χ1) is 9.38. The number of halogens is 1. The van der Waals surface area contributed by atoms with Crippen molar-refractivity contribution >= 4 is 33.5 Å². The summed E-state index contributed by atoms with van der Waals surface area (Å²) in [4.78, 5) is 24.1. The molecule has 1 rings (SSSR count). The maximum absolute atomic E-state index is 11.9. The van der Waals surface area contributed by atoms with E-state index in [0.717, 1.165) is 15.7 Å². The van der Waals surface area contributed by atoms with Gasteiger partial charge in [-0.15, -0.1) is 0 Å². The molecule has 0 aromatic heterocycles. The molecule has 0 spiro atoms. The van der Waals surface area contributed by atoms with Crippen LogP contribution in [0.2, 0.25) is 0 Å². The van der Waals surface area contributed by atoms with Gasteiger partial charge in [-0.25, -0.2) is 0 Å². The average Bonchev–Trinajstić information content (AvgIpc) is 2.32. The molecule has 0 bridgehead atoms. The fraction of sp³-hybridized carbons (Fsp3) is 0.429. The van der Waals surface area contributed by atoms with Crippen molar-refractivity contribution in [2.24, 2.45) is 0 Å². The highest BCUT2D eigenvalue weighted by Crippen LogP contribution is 2.19. The van der Waals surface area contributed by atoms with E-state index in [2.05, 4.69) is 21.2 Å². The normalized spacial score (nSPS) is 10.6. The number of amides is 1. The number of benzene rings is 1. The molecule has 5 nitrogen and oxygen atoms in total. The van der Waals surface area contributed by atoms with Gasteiger partial charge in [0, 0.05) is 16.6 Å². The summed E-state index contributed by atoms with van der Waals surface area (Å²) in [5.41, 5.74) is 1.78. The Balaban J connectivity index is 2.41. The molecule has 0 aliphatic carbocycles. The van der Waals surface area contributed by atoms with Crippen molar-refractivity contribution in [2.75, 3.05) is 25.5 Å². The van der Waals surface area contributed by atoms with Crippen LogP contribution in [0.1, 0.15) is 18.4 Å². The standard InChI is InChI=1S/C14H19BrN2O3/c1-10-8-11(15)5-6-12(10)16-13(18)9-17(2)7-3-4-14(19)20/h5-6,8H,3-4,7,9H2,1-2H3,(H,16,18)(H,19,20). The third-order valence-corrected chi connectivity index (χ3v) is 3.30. The number of rotatable bonds is 7. The fourth-order valence-corrected chi connectivity index (χ4v) is 2.26. The number of hydrogen-bond acceptors (Lipinski definition) is 3. The van der Waals surface area contributed by atoms with E-state index in [1.54, 1.807) is 7.05 Å². The van der Waals surface area contributed by atoms with Crippen molar-refractivity contribution in [3.05, 3.63) is 28.2 Å². The second-order valence-corrected chi connectivity index (χ2v) is 5.66. The molecule has 1 amide bonds. The Morgan fingerprint density at radius 3 is 2.70 bits per heavy atom. The van der Waals surface area contributed by atoms with E-state index in [9.17, 15) is 9.59 Å². The van der Waals surface area contributed by atoms with Gasteiger partial charge in [0.15, 0.2) is 0 Å². The van der Waals surface area contributed by atoms with Crippen molar-refractivity contribution < 1.29 is 14.7 Å². The predicted molar refractivity (Wildman–Crippen MR) is 81.9 cm³/mol. The van der Waals surface area contributed by atoms with Crippen LogP contribution in [-0.4, -0.2) is 42.0 Å². The molecule has 0 aliphatic heterocycles. The molecule has 1 aromatic carbocycles. The van der Waals surface area contributed by atoms with E-state index in [1.807, 2.05) is 30.0 Å². The Bertz CT molecular complexity index is 491. The first-order valence-electron chi connectivity index (χ1n) is 6.35. The topological polar surface area (TPSA) is 69.6 Å². The summed E-state index contributed by atoms with van der Waals surface area (Å²) < 4.78 is 0.971. The molecule has 2 N–H and O–H groups in total. The van der Waals surface area contributed by atoms with Gasteiger partial charge in [-0.2, -0.15) is 0 Å². The van der Waals surface area contributed by atoms with Crippen molar-refractivity contribution in [3.63, 3.8) is 0 Å². The summed E-state index contributed by atoms with van der Waals surface area (Å²) in [7, 11) is 1.80. The van der Waals surface area contributed by atoms with Crippen LogP contribution >= 0.6 is 15.9 Å². The quantitative estimate of drug-likeness (QED) is 0.798. The Kier molecular flexibility index (Phi) is 6.67. The van der Waals surface area contributed by atoms with Gasteiger partial charge in [-0.3, -0.25) is 14.5 Å². The highest BCUT2D eigenvalue weighted by atomic mass is 79.9. The number of hydrogen-bond donors (Lipinski definition) is 2. The summed E-state index contributed by atoms with van der Waals surface area (Å²) in [6.45, 7) is 2.76. The Labute approximate surface area is 127 Å². The van der Waals surface area contributed by atoms with Crippen LogP contribution < -0.4 is 5.32 Å². The van der Waals surface area contributed by atoms with Crippen LogP contribution in [0.5, 0.6) is 0 Å². The van der Waals surface area contributed by atoms with Gasteiger partial charge in [-0.1, -0.05) is 15.9 Å². The van der Waals surface area contributed by atoms with Crippen LogP contribution in [0, 0.1) is 6.92 Å². The third-order valence-electron chi connectivity index (χ3n) is 2.81. The number of aryl methyl sites for hydroxylation is 1. The second kappa shape index (κ2) is 8.01. The minimum Gasteiger partial charge on any atom is -0.481 e. The maximum atomic E-state index is 11.9. The number of aliphatic carboxylic acids is 1. The zero-order valence-corrected chi connectivity index (χ0v) is 13.2. The van der Waals surface area contributed by atoms with Crippen molar-refractivity contribution in [1.82, 2.24) is 4.90 Å². The maximum Gasteiger partial charge on any atom is 0.303 e. The monoisotopic (exact) mass is 342 g/mol. The Morgan fingerprint density at radius 2 is 2.10 bits per heavy atom. The number of carbonyl (C=O) groups excluding carboxylic acids is 1. The molecule has 0 saturated carbocycles. The Morgan fingerprint density at radius 1 is 1.40 bits per heavy atom. The van der Waals surface area contributed by atoms with Crippen molar-refractivity contribution in [2.45, 2.75) is 19.8 Å². The van der Waals surface area contributed by atoms with E-state index < -0.39 is 5.97 Å². The lowest BCUT2D eigenvalue weighted by Crippen LogP contribution is -2.31. The SMILES string of the molecule is Cc1cc(Br)ccc1NC(=O)CN(C)CCCC(=O)O. The van der Waals surface area contributed by atoms with Gasteiger partial charge < -0.3 is 10.4 Å². The first kappa shape index (κ1) is 16.7. The molecule has 110 valence electrons. The first-order valence-corrected chi connectivity index (χ1v) is 7.14. The fourth-order valence-electron chi connectivity index (χ4n) is 1.78. The number of carbonyl (C=O) groups is 2.